The van der Waals surface area contributed by atoms with Gasteiger partial charge in [0.1, 0.15) is 18.2 Å². The highest BCUT2D eigenvalue weighted by molar-refractivity contribution is 5.41. The van der Waals surface area contributed by atoms with Crippen molar-refractivity contribution >= 4 is 5.69 Å². The molecule has 0 heterocycles. The maximum Gasteiger partial charge on any atom is 0.146 e. The first-order valence-corrected chi connectivity index (χ1v) is 6.44. The Balaban J connectivity index is 1.96. The molecule has 0 atom stereocenters. The molecule has 0 saturated heterocycles. The van der Waals surface area contributed by atoms with Crippen molar-refractivity contribution in [3.8, 4) is 5.75 Å². The van der Waals surface area contributed by atoms with Gasteiger partial charge < -0.3 is 10.5 Å². The van der Waals surface area contributed by atoms with E-state index in [1.54, 1.807) is 12.1 Å². The topological polar surface area (TPSA) is 35.2 Å². The van der Waals surface area contributed by atoms with Crippen LogP contribution < -0.4 is 10.5 Å². The molecule has 0 fully saturated rings. The minimum Gasteiger partial charge on any atom is -0.489 e. The number of hydrogen-bond acceptors (Lipinski definition) is 2. The van der Waals surface area contributed by atoms with Crippen molar-refractivity contribution in [1.29, 1.82) is 0 Å². The van der Waals surface area contributed by atoms with E-state index in [1.165, 1.54) is 11.6 Å². The SMILES string of the molecule is CCCc1ccc(OCc2ccc(N)c(F)c2)cc1. The van der Waals surface area contributed by atoms with Gasteiger partial charge in [-0.3, -0.25) is 0 Å². The first-order valence-electron chi connectivity index (χ1n) is 6.44. The molecule has 2 nitrogen and oxygen atoms in total. The van der Waals surface area contributed by atoms with Crippen molar-refractivity contribution < 1.29 is 9.13 Å². The molecule has 0 unspecified atom stereocenters. The van der Waals surface area contributed by atoms with Crippen molar-refractivity contribution in [3.05, 3.63) is 59.4 Å². The van der Waals surface area contributed by atoms with Crippen LogP contribution in [0.5, 0.6) is 5.75 Å². The third kappa shape index (κ3) is 3.71. The van der Waals surface area contributed by atoms with Gasteiger partial charge in [0, 0.05) is 0 Å². The fourth-order valence-electron chi connectivity index (χ4n) is 1.87. The van der Waals surface area contributed by atoms with Crippen LogP contribution in [0.2, 0.25) is 0 Å². The summed E-state index contributed by atoms with van der Waals surface area (Å²) in [4.78, 5) is 0. The van der Waals surface area contributed by atoms with Gasteiger partial charge in [-0.05, 0) is 41.8 Å². The molecule has 2 rings (SSSR count). The Bertz CT molecular complexity index is 537. The van der Waals surface area contributed by atoms with Crippen LogP contribution >= 0.6 is 0 Å². The molecule has 0 bridgehead atoms. The van der Waals surface area contributed by atoms with Crippen LogP contribution in [-0.2, 0) is 13.0 Å². The number of nitrogen functional groups attached to an aromatic ring is 1. The zero-order chi connectivity index (χ0) is 13.7. The summed E-state index contributed by atoms with van der Waals surface area (Å²) in [5.74, 6) is 0.386. The number of ether oxygens (including phenoxy) is 1. The van der Waals surface area contributed by atoms with Crippen molar-refractivity contribution in [1.82, 2.24) is 0 Å². The van der Waals surface area contributed by atoms with Gasteiger partial charge in [0.25, 0.3) is 0 Å². The second kappa shape index (κ2) is 6.23. The first-order chi connectivity index (χ1) is 9.19. The summed E-state index contributed by atoms with van der Waals surface area (Å²) in [6, 6.07) is 12.7. The lowest BCUT2D eigenvalue weighted by atomic mass is 10.1. The summed E-state index contributed by atoms with van der Waals surface area (Å²) >= 11 is 0. The fourth-order valence-corrected chi connectivity index (χ4v) is 1.87. The molecule has 0 aliphatic rings. The second-order valence-electron chi connectivity index (χ2n) is 4.54. The minimum absolute atomic E-state index is 0.160. The van der Waals surface area contributed by atoms with E-state index in [-0.39, 0.29) is 5.69 Å². The highest BCUT2D eigenvalue weighted by Crippen LogP contribution is 2.17. The van der Waals surface area contributed by atoms with Crippen molar-refractivity contribution in [2.75, 3.05) is 5.73 Å². The van der Waals surface area contributed by atoms with Crippen molar-refractivity contribution in [2.45, 2.75) is 26.4 Å². The Morgan fingerprint density at radius 3 is 2.37 bits per heavy atom. The highest BCUT2D eigenvalue weighted by atomic mass is 19.1. The number of hydrogen-bond donors (Lipinski definition) is 1. The lowest BCUT2D eigenvalue weighted by molar-refractivity contribution is 0.305. The van der Waals surface area contributed by atoms with Gasteiger partial charge in [0.15, 0.2) is 0 Å². The number of nitrogens with two attached hydrogens (primary N) is 1. The summed E-state index contributed by atoms with van der Waals surface area (Å²) in [7, 11) is 0. The van der Waals surface area contributed by atoms with Crippen molar-refractivity contribution in [2.24, 2.45) is 0 Å². The molecule has 0 aliphatic heterocycles. The molecule has 100 valence electrons. The van der Waals surface area contributed by atoms with Gasteiger partial charge in [-0.1, -0.05) is 31.5 Å². The van der Waals surface area contributed by atoms with Crippen LogP contribution in [0.25, 0.3) is 0 Å². The average molecular weight is 259 g/mol. The van der Waals surface area contributed by atoms with Gasteiger partial charge in [0.05, 0.1) is 5.69 Å². The molecule has 0 amide bonds. The molecule has 2 aromatic carbocycles. The lowest BCUT2D eigenvalue weighted by Crippen LogP contribution is -1.98. The summed E-state index contributed by atoms with van der Waals surface area (Å²) in [5, 5.41) is 0. The van der Waals surface area contributed by atoms with Crippen LogP contribution in [0.15, 0.2) is 42.5 Å². The summed E-state index contributed by atoms with van der Waals surface area (Å²) in [6.07, 6.45) is 2.20. The maximum atomic E-state index is 13.3. The van der Waals surface area contributed by atoms with Crippen LogP contribution in [0.1, 0.15) is 24.5 Å². The van der Waals surface area contributed by atoms with E-state index in [0.717, 1.165) is 24.2 Å². The molecular formula is C16H18FNO. The van der Waals surface area contributed by atoms with Gasteiger partial charge in [-0.2, -0.15) is 0 Å². The number of benzene rings is 2. The molecule has 2 aromatic rings. The predicted molar refractivity (Wildman–Crippen MR) is 75.6 cm³/mol. The molecule has 0 saturated carbocycles. The van der Waals surface area contributed by atoms with E-state index in [2.05, 4.69) is 19.1 Å². The molecule has 0 aromatic heterocycles. The minimum atomic E-state index is -0.403. The summed E-state index contributed by atoms with van der Waals surface area (Å²) in [5.41, 5.74) is 7.65. The van der Waals surface area contributed by atoms with Crippen molar-refractivity contribution in [3.63, 3.8) is 0 Å². The van der Waals surface area contributed by atoms with E-state index in [1.807, 2.05) is 12.1 Å². The van der Waals surface area contributed by atoms with Gasteiger partial charge in [-0.25, -0.2) is 4.39 Å². The smallest absolute Gasteiger partial charge is 0.146 e. The Morgan fingerprint density at radius 2 is 1.74 bits per heavy atom. The number of rotatable bonds is 5. The zero-order valence-electron chi connectivity index (χ0n) is 11.0. The Labute approximate surface area is 113 Å². The van der Waals surface area contributed by atoms with Crippen LogP contribution in [0.4, 0.5) is 10.1 Å². The van der Waals surface area contributed by atoms with E-state index >= 15 is 0 Å². The van der Waals surface area contributed by atoms with Gasteiger partial charge in [-0.15, -0.1) is 0 Å². The van der Waals surface area contributed by atoms with Gasteiger partial charge in [0.2, 0.25) is 0 Å². The monoisotopic (exact) mass is 259 g/mol. The van der Waals surface area contributed by atoms with Crippen LogP contribution in [0.3, 0.4) is 0 Å². The number of halogens is 1. The average Bonchev–Trinajstić information content (AvgIpc) is 2.42. The quantitative estimate of drug-likeness (QED) is 0.825. The third-order valence-corrected chi connectivity index (χ3v) is 2.93. The van der Waals surface area contributed by atoms with E-state index in [9.17, 15) is 4.39 Å². The largest absolute Gasteiger partial charge is 0.489 e. The first kappa shape index (κ1) is 13.4. The third-order valence-electron chi connectivity index (χ3n) is 2.93. The Morgan fingerprint density at radius 1 is 1.05 bits per heavy atom. The summed E-state index contributed by atoms with van der Waals surface area (Å²) < 4.78 is 18.9. The fraction of sp³-hybridized carbons (Fsp3) is 0.250. The molecule has 0 radical (unpaired) electrons. The molecule has 2 N–H and O–H groups in total. The normalized spacial score (nSPS) is 10.4. The molecule has 3 heteroatoms. The molecular weight excluding hydrogens is 241 g/mol. The Kier molecular flexibility index (Phi) is 4.39. The van der Waals surface area contributed by atoms with Crippen LogP contribution in [0, 0.1) is 5.82 Å². The molecule has 0 aliphatic carbocycles. The predicted octanol–water partition coefficient (Wildman–Crippen LogP) is 3.94. The molecule has 19 heavy (non-hydrogen) atoms. The summed E-state index contributed by atoms with van der Waals surface area (Å²) in [6.45, 7) is 2.49. The van der Waals surface area contributed by atoms with E-state index < -0.39 is 5.82 Å². The number of aryl methyl sites for hydroxylation is 1. The van der Waals surface area contributed by atoms with Crippen LogP contribution in [-0.4, -0.2) is 0 Å². The Hall–Kier alpha value is -2.03. The maximum absolute atomic E-state index is 13.3. The second-order valence-corrected chi connectivity index (χ2v) is 4.54. The zero-order valence-corrected chi connectivity index (χ0v) is 11.0. The lowest BCUT2D eigenvalue weighted by Gasteiger charge is -2.08. The van der Waals surface area contributed by atoms with E-state index in [4.69, 9.17) is 10.5 Å². The standard InChI is InChI=1S/C16H18FNO/c1-2-3-12-4-7-14(8-5-12)19-11-13-6-9-16(18)15(17)10-13/h4-10H,2-3,11,18H2,1H3. The van der Waals surface area contributed by atoms with E-state index in [0.29, 0.717) is 6.61 Å². The highest BCUT2D eigenvalue weighted by Gasteiger charge is 2.01. The molecule has 0 spiro atoms. The number of anilines is 1. The van der Waals surface area contributed by atoms with Gasteiger partial charge >= 0.3 is 0 Å².